The largest absolute Gasteiger partial charge is 0.536 e. The van der Waals surface area contributed by atoms with Gasteiger partial charge in [-0.2, -0.15) is 0 Å². The average Bonchev–Trinajstić information content (AvgIpc) is 2.26. The van der Waals surface area contributed by atoms with Crippen molar-refractivity contribution in [1.82, 2.24) is 0 Å². The fourth-order valence-electron chi connectivity index (χ4n) is 9.41. The van der Waals surface area contributed by atoms with Gasteiger partial charge in [0.05, 0.1) is 23.3 Å². The zero-order chi connectivity index (χ0) is 60.7. The van der Waals surface area contributed by atoms with E-state index in [4.69, 9.17) is 0 Å². The number of aromatic nitrogens is 4. The van der Waals surface area contributed by atoms with Gasteiger partial charge in [-0.1, -0.05) is 191 Å². The Hall–Kier alpha value is -8.16. The van der Waals surface area contributed by atoms with E-state index < -0.39 is 0 Å². The zero-order valence-electron chi connectivity index (χ0n) is 52.7. The quantitative estimate of drug-likeness (QED) is 0.0380. The van der Waals surface area contributed by atoms with Crippen LogP contribution in [0.4, 0.5) is 0 Å². The predicted octanol–water partition coefficient (Wildman–Crippen LogP) is 16.9. The molecule has 84 heavy (non-hydrogen) atoms. The van der Waals surface area contributed by atoms with Crippen LogP contribution in [0.25, 0.3) is 89.3 Å². The van der Waals surface area contributed by atoms with Crippen LogP contribution < -0.4 is 18.0 Å². The van der Waals surface area contributed by atoms with E-state index in [9.17, 15) is 4.79 Å². The molecule has 10 rings (SSSR count). The molecule has 0 aliphatic carbocycles. The number of carbonyl (C=O) groups is 1. The van der Waals surface area contributed by atoms with Gasteiger partial charge in [-0.25, -0.2) is 9.36 Å². The monoisotopic (exact) mass is 1110 g/mol. The van der Waals surface area contributed by atoms with E-state index in [-0.39, 0.29) is 5.97 Å². The van der Waals surface area contributed by atoms with E-state index in [1.54, 1.807) is 6.08 Å². The number of rotatable bonds is 13. The maximum atomic E-state index is 10.4. The van der Waals surface area contributed by atoms with Crippen molar-refractivity contribution in [2.45, 2.75) is 89.7 Å². The summed E-state index contributed by atoms with van der Waals surface area (Å²) in [7, 11) is 9.74. The summed E-state index contributed by atoms with van der Waals surface area (Å²) in [5, 5.41) is 11.7. The Morgan fingerprint density at radius 3 is 1.36 bits per heavy atom. The number of benzene rings is 6. The van der Waals surface area contributed by atoms with Gasteiger partial charge < -0.3 is 4.74 Å². The van der Waals surface area contributed by atoms with Crippen LogP contribution in [-0.2, 0) is 16.6 Å². The number of hydrogen-bond acceptors (Lipinski definition) is 2. The molecule has 0 N–H and O–H groups in total. The summed E-state index contributed by atoms with van der Waals surface area (Å²) in [6.07, 6.45) is 31.7. The highest BCUT2D eigenvalue weighted by atomic mass is 16.5. The molecule has 10 aromatic rings. The van der Waals surface area contributed by atoms with Gasteiger partial charge in [-0.05, 0) is 115 Å². The second-order valence-electron chi connectivity index (χ2n) is 22.8. The first-order valence-corrected chi connectivity index (χ1v) is 29.8. The molecule has 0 unspecified atom stereocenters. The first-order valence-electron chi connectivity index (χ1n) is 29.8. The molecular formula is C75H88B3N4O2+4. The van der Waals surface area contributed by atoms with Gasteiger partial charge >= 0.3 is 28.2 Å². The summed E-state index contributed by atoms with van der Waals surface area (Å²) in [5.74, 6) is 2.44. The summed E-state index contributed by atoms with van der Waals surface area (Å²) in [6.45, 7) is 27.8. The molecule has 4 heterocycles. The third kappa shape index (κ3) is 18.9. The lowest BCUT2D eigenvalue weighted by molar-refractivity contribution is -0.671. The summed E-state index contributed by atoms with van der Waals surface area (Å²) in [5.41, 5.74) is 8.82. The van der Waals surface area contributed by atoms with Crippen LogP contribution in [0.15, 0.2) is 207 Å². The molecule has 0 saturated heterocycles. The second-order valence-corrected chi connectivity index (χ2v) is 22.8. The van der Waals surface area contributed by atoms with E-state index >= 15 is 0 Å². The van der Waals surface area contributed by atoms with Crippen molar-refractivity contribution < 1.29 is 27.5 Å². The zero-order valence-corrected chi connectivity index (χ0v) is 52.7. The molecule has 0 fully saturated rings. The number of nitrogens with zero attached hydrogens (tertiary/aromatic N) is 4. The van der Waals surface area contributed by atoms with Gasteiger partial charge in [0.15, 0.2) is 47.5 Å². The molecule has 0 amide bonds. The Labute approximate surface area is 505 Å². The normalized spacial score (nSPS) is 11.6. The Morgan fingerprint density at radius 2 is 0.845 bits per heavy atom. The van der Waals surface area contributed by atoms with Crippen molar-refractivity contribution in [1.29, 1.82) is 0 Å². The highest BCUT2D eigenvalue weighted by Gasteiger charge is 2.17. The van der Waals surface area contributed by atoms with Crippen LogP contribution in [0.2, 0.25) is 20.5 Å². The van der Waals surface area contributed by atoms with Crippen molar-refractivity contribution in [3.8, 4) is 0 Å². The smallest absolute Gasteiger partial charge is 0.466 e. The lowest BCUT2D eigenvalue weighted by atomic mass is 9.93. The molecule has 0 spiro atoms. The molecule has 0 atom stereocenters. The number of methoxy groups -OCH3 is 1. The third-order valence-electron chi connectivity index (χ3n) is 13.9. The standard InChI is InChI=1S/3C19H20BN.C11H16N.C7H12O2/c1-14(2)11-12-15-8-6-10-18-17-9-5-4-7-16(17)13-21(20-3)19(15)18;1-14(2)8-9-15-10-11-19-18(12-15)17-7-5-4-6-16(17)13-21(19)20-3;1-14(2)8-9-15-10-11-18-17-7-5-4-6-16(17)13-21(20-3)19(18)12-15;1-10(2)4-5-11-6-8-12(3)9-7-11;1-6(2)4-5-7(8)9-3/h3*4-14H,1-3H3;4-10H,1-3H3;4-6H,1-3H3/q4*+1;/b12-11+;2*9-8+;2*5-4+. The van der Waals surface area contributed by atoms with Crippen molar-refractivity contribution in [3.05, 3.63) is 229 Å². The van der Waals surface area contributed by atoms with Crippen molar-refractivity contribution in [2.24, 2.45) is 36.6 Å². The van der Waals surface area contributed by atoms with E-state index in [0.717, 1.165) is 0 Å². The van der Waals surface area contributed by atoms with E-state index in [1.165, 1.54) is 100 Å². The van der Waals surface area contributed by atoms with Gasteiger partial charge in [0.2, 0.25) is 0 Å². The maximum Gasteiger partial charge on any atom is 0.536 e. The minimum Gasteiger partial charge on any atom is -0.466 e. The minimum absolute atomic E-state index is 0.288. The molecule has 0 aliphatic rings. The van der Waals surface area contributed by atoms with Crippen LogP contribution >= 0.6 is 0 Å². The molecule has 0 aliphatic heterocycles. The van der Waals surface area contributed by atoms with E-state index in [2.05, 4.69) is 335 Å². The highest BCUT2D eigenvalue weighted by Crippen LogP contribution is 2.27. The first kappa shape index (κ1) is 65.0. The van der Waals surface area contributed by atoms with Crippen LogP contribution in [-0.4, -0.2) is 35.3 Å². The number of aryl methyl sites for hydroxylation is 1. The highest BCUT2D eigenvalue weighted by molar-refractivity contribution is 6.25. The SMILES string of the molecule is CC(C)/C=C/c1cc[n+](C)cc1.COC(=O)/C=C/C(C)C.C[B][n+]1cc2ccccc2c2cc(/C=C/C(C)C)ccc21.C[B][n+]1cc2ccccc2c2ccc(/C=C/C(C)C)cc21.C[B][n+]1cc2ccccc2c2cccc(/C=C/C(C)C)c21. The van der Waals surface area contributed by atoms with Crippen molar-refractivity contribution >= 4 is 118 Å². The number of allylic oxidation sites excluding steroid dienone is 5. The number of hydrogen-bond donors (Lipinski definition) is 0. The fraction of sp³-hybridized carbons (Fsp3) is 0.267. The number of pyridine rings is 4. The predicted molar refractivity (Wildman–Crippen MR) is 365 cm³/mol. The lowest BCUT2D eigenvalue weighted by Crippen LogP contribution is -2.39. The molecule has 9 heteroatoms. The minimum atomic E-state index is -0.288. The van der Waals surface area contributed by atoms with E-state index in [1.807, 2.05) is 25.5 Å². The fourth-order valence-corrected chi connectivity index (χ4v) is 9.41. The third-order valence-corrected chi connectivity index (χ3v) is 13.9. The van der Waals surface area contributed by atoms with Gasteiger partial charge in [0.25, 0.3) is 0 Å². The molecule has 4 aromatic heterocycles. The molecule has 6 aromatic carbocycles. The van der Waals surface area contributed by atoms with Crippen molar-refractivity contribution in [2.75, 3.05) is 7.11 Å². The molecule has 0 saturated carbocycles. The Balaban J connectivity index is 0.000000174. The summed E-state index contributed by atoms with van der Waals surface area (Å²) in [6, 6.07) is 49.9. The van der Waals surface area contributed by atoms with Crippen LogP contribution in [0, 0.1) is 29.6 Å². The summed E-state index contributed by atoms with van der Waals surface area (Å²) >= 11 is 0. The maximum absolute atomic E-state index is 10.4. The van der Waals surface area contributed by atoms with Gasteiger partial charge in [-0.3, -0.25) is 13.4 Å². The number of esters is 1. The number of carbonyl (C=O) groups excluding carboxylic acids is 1. The van der Waals surface area contributed by atoms with Gasteiger partial charge in [0, 0.05) is 68.2 Å². The lowest BCUT2D eigenvalue weighted by Gasteiger charge is -2.07. The number of ether oxygens (including phenoxy) is 1. The molecule has 3 radical (unpaired) electrons. The van der Waals surface area contributed by atoms with Crippen LogP contribution in [0.5, 0.6) is 0 Å². The summed E-state index contributed by atoms with van der Waals surface area (Å²) in [4.78, 5) is 10.4. The number of fused-ring (bicyclic) bond motifs is 9. The van der Waals surface area contributed by atoms with Crippen molar-refractivity contribution in [3.63, 3.8) is 0 Å². The Bertz CT molecular complexity index is 3890. The summed E-state index contributed by atoms with van der Waals surface area (Å²) < 4.78 is 13.1. The molecule has 425 valence electrons. The number of para-hydroxylation sites is 1. The van der Waals surface area contributed by atoms with Crippen LogP contribution in [0.1, 0.15) is 91.5 Å². The topological polar surface area (TPSA) is 41.8 Å². The van der Waals surface area contributed by atoms with Crippen LogP contribution in [0.3, 0.4) is 0 Å². The van der Waals surface area contributed by atoms with Gasteiger partial charge in [-0.15, -0.1) is 0 Å². The Morgan fingerprint density at radius 1 is 0.417 bits per heavy atom. The molecule has 6 nitrogen and oxygen atoms in total. The van der Waals surface area contributed by atoms with Gasteiger partial charge in [0.1, 0.15) is 7.05 Å². The van der Waals surface area contributed by atoms with E-state index in [0.29, 0.717) is 29.6 Å². The first-order chi connectivity index (χ1) is 40.4. The molecular weight excluding hydrogens is 1020 g/mol. The average molecular weight is 1110 g/mol. The Kier molecular flexibility index (Phi) is 25.2. The second kappa shape index (κ2) is 32.6. The molecule has 0 bridgehead atoms.